The van der Waals surface area contributed by atoms with Gasteiger partial charge >= 0.3 is 5.97 Å². The monoisotopic (exact) mass is 434 g/mol. The van der Waals surface area contributed by atoms with E-state index in [1.54, 1.807) is 6.92 Å². The van der Waals surface area contributed by atoms with E-state index < -0.39 is 58.8 Å². The highest BCUT2D eigenvalue weighted by molar-refractivity contribution is 5.95. The summed E-state index contributed by atoms with van der Waals surface area (Å²) in [7, 11) is 0. The normalized spacial score (nSPS) is 46.5. The molecule has 0 unspecified atom stereocenters. The number of ether oxygens (including phenoxy) is 1. The maximum Gasteiger partial charge on any atom is 0.303 e. The Morgan fingerprint density at radius 3 is 2.52 bits per heavy atom. The van der Waals surface area contributed by atoms with E-state index in [0.717, 1.165) is 0 Å². The highest BCUT2D eigenvalue weighted by Crippen LogP contribution is 2.66. The minimum atomic E-state index is -1.86. The van der Waals surface area contributed by atoms with Crippen LogP contribution in [0, 0.1) is 28.6 Å². The van der Waals surface area contributed by atoms with E-state index in [1.165, 1.54) is 13.0 Å². The van der Waals surface area contributed by atoms with Gasteiger partial charge in [0, 0.05) is 42.4 Å². The van der Waals surface area contributed by atoms with Gasteiger partial charge in [0.05, 0.1) is 6.10 Å². The average Bonchev–Trinajstić information content (AvgIpc) is 2.96. The molecular formula is C23H30O8. The van der Waals surface area contributed by atoms with Gasteiger partial charge in [-0.3, -0.25) is 19.2 Å². The first-order valence-corrected chi connectivity index (χ1v) is 10.9. The molecule has 3 saturated carbocycles. The van der Waals surface area contributed by atoms with Crippen molar-refractivity contribution in [3.63, 3.8) is 0 Å². The smallest absolute Gasteiger partial charge is 0.303 e. The number of hydrogen-bond acceptors (Lipinski definition) is 8. The Hall–Kier alpha value is -1.90. The van der Waals surface area contributed by atoms with Crippen molar-refractivity contribution in [1.82, 2.24) is 0 Å². The van der Waals surface area contributed by atoms with E-state index in [0.29, 0.717) is 18.4 Å². The fourth-order valence-electron chi connectivity index (χ4n) is 7.14. The summed E-state index contributed by atoms with van der Waals surface area (Å²) >= 11 is 0. The number of rotatable bonds is 3. The first-order valence-electron chi connectivity index (χ1n) is 10.9. The third kappa shape index (κ3) is 2.91. The van der Waals surface area contributed by atoms with Crippen molar-refractivity contribution in [2.45, 2.75) is 70.7 Å². The van der Waals surface area contributed by atoms with Crippen LogP contribution in [0.5, 0.6) is 0 Å². The molecule has 31 heavy (non-hydrogen) atoms. The summed E-state index contributed by atoms with van der Waals surface area (Å²) < 4.78 is 4.81. The Balaban J connectivity index is 1.74. The summed E-state index contributed by atoms with van der Waals surface area (Å²) in [6, 6.07) is 0. The number of esters is 1. The fraction of sp³-hybridized carbons (Fsp3) is 0.739. The van der Waals surface area contributed by atoms with Crippen molar-refractivity contribution in [2.24, 2.45) is 28.6 Å². The molecule has 3 fully saturated rings. The van der Waals surface area contributed by atoms with E-state index in [4.69, 9.17) is 4.74 Å². The van der Waals surface area contributed by atoms with Crippen LogP contribution in [0.3, 0.4) is 0 Å². The van der Waals surface area contributed by atoms with E-state index in [2.05, 4.69) is 0 Å². The van der Waals surface area contributed by atoms with Crippen LogP contribution in [0.2, 0.25) is 0 Å². The summed E-state index contributed by atoms with van der Waals surface area (Å²) in [6.07, 6.45) is -0.0788. The SMILES string of the molecule is CC(=O)OCC(=O)[C@@]1(O)CC[C@H]2[C@@H]3[C@@H](O)[C@@H](O)C4=CC(=O)CC[C@]4(C)[C@H]3C(=O)C[C@@]21C. The van der Waals surface area contributed by atoms with Crippen molar-refractivity contribution in [3.05, 3.63) is 11.6 Å². The molecule has 0 spiro atoms. The molecule has 8 nitrogen and oxygen atoms in total. The second kappa shape index (κ2) is 7.05. The molecule has 0 aliphatic heterocycles. The maximum atomic E-state index is 13.5. The molecule has 0 saturated heterocycles. The van der Waals surface area contributed by atoms with Crippen LogP contribution in [0.1, 0.15) is 52.9 Å². The second-order valence-corrected chi connectivity index (χ2v) is 10.2. The van der Waals surface area contributed by atoms with Crippen molar-refractivity contribution in [3.8, 4) is 0 Å². The number of carbonyl (C=O) groups is 4. The molecule has 170 valence electrons. The van der Waals surface area contributed by atoms with Crippen LogP contribution in [0.15, 0.2) is 11.6 Å². The number of aliphatic hydroxyl groups excluding tert-OH is 2. The topological polar surface area (TPSA) is 138 Å². The standard InChI is InChI=1S/C23H30O8/c1-11(24)31-10-16(27)23(30)7-5-13-17-18(15(26)9-22(13,23)3)21(2)6-4-12(25)8-14(21)19(28)20(17)29/h8,13,17-20,28-30H,4-7,9-10H2,1-3H3/t13-,17-,18-,19-,20+,21-,22-,23-/m0/s1. The highest BCUT2D eigenvalue weighted by Gasteiger charge is 2.71. The van der Waals surface area contributed by atoms with Gasteiger partial charge in [-0.1, -0.05) is 13.8 Å². The lowest BCUT2D eigenvalue weighted by Crippen LogP contribution is -2.66. The Bertz CT molecular complexity index is 892. The van der Waals surface area contributed by atoms with Crippen LogP contribution in [-0.2, 0) is 23.9 Å². The number of carbonyl (C=O) groups excluding carboxylic acids is 4. The largest absolute Gasteiger partial charge is 0.458 e. The van der Waals surface area contributed by atoms with Gasteiger partial charge in [0.15, 0.2) is 12.4 Å². The van der Waals surface area contributed by atoms with Crippen LogP contribution in [0.4, 0.5) is 0 Å². The molecule has 8 atom stereocenters. The Kier molecular flexibility index (Phi) is 5.07. The third-order valence-corrected chi connectivity index (χ3v) is 8.78. The molecule has 4 rings (SSSR count). The molecule has 0 heterocycles. The lowest BCUT2D eigenvalue weighted by Gasteiger charge is -2.60. The van der Waals surface area contributed by atoms with Gasteiger partial charge in [0.25, 0.3) is 0 Å². The van der Waals surface area contributed by atoms with E-state index in [9.17, 15) is 34.5 Å². The molecule has 4 aliphatic rings. The Morgan fingerprint density at radius 2 is 1.87 bits per heavy atom. The molecule has 0 aromatic carbocycles. The summed E-state index contributed by atoms with van der Waals surface area (Å²) in [4.78, 5) is 49.5. The molecule has 8 heteroatoms. The third-order valence-electron chi connectivity index (χ3n) is 8.78. The van der Waals surface area contributed by atoms with Crippen LogP contribution < -0.4 is 0 Å². The van der Waals surface area contributed by atoms with Gasteiger partial charge in [-0.15, -0.1) is 0 Å². The van der Waals surface area contributed by atoms with Crippen LogP contribution in [0.25, 0.3) is 0 Å². The molecule has 4 aliphatic carbocycles. The number of hydrogen-bond donors (Lipinski definition) is 3. The number of Topliss-reactive ketones (excluding diaryl/α,β-unsaturated/α-hetero) is 2. The van der Waals surface area contributed by atoms with Crippen molar-refractivity contribution in [2.75, 3.05) is 6.61 Å². The van der Waals surface area contributed by atoms with Crippen molar-refractivity contribution in [1.29, 1.82) is 0 Å². The fourth-order valence-corrected chi connectivity index (χ4v) is 7.14. The second-order valence-electron chi connectivity index (χ2n) is 10.2. The first-order chi connectivity index (χ1) is 14.4. The van der Waals surface area contributed by atoms with Gasteiger partial charge < -0.3 is 20.1 Å². The molecule has 0 radical (unpaired) electrons. The Morgan fingerprint density at radius 1 is 1.19 bits per heavy atom. The Labute approximate surface area is 180 Å². The van der Waals surface area contributed by atoms with Crippen LogP contribution >= 0.6 is 0 Å². The zero-order valence-electron chi connectivity index (χ0n) is 18.1. The minimum Gasteiger partial charge on any atom is -0.458 e. The highest BCUT2D eigenvalue weighted by atomic mass is 16.5. The van der Waals surface area contributed by atoms with Gasteiger partial charge in [0.2, 0.25) is 5.78 Å². The number of fused-ring (bicyclic) bond motifs is 5. The van der Waals surface area contributed by atoms with Gasteiger partial charge in [-0.25, -0.2) is 0 Å². The summed E-state index contributed by atoms with van der Waals surface area (Å²) in [5, 5.41) is 33.4. The molecule has 0 aromatic rings. The molecule has 0 aromatic heterocycles. The predicted molar refractivity (Wildman–Crippen MR) is 106 cm³/mol. The van der Waals surface area contributed by atoms with E-state index >= 15 is 0 Å². The quantitative estimate of drug-likeness (QED) is 0.546. The number of aliphatic hydroxyl groups is 3. The lowest BCUT2D eigenvalue weighted by molar-refractivity contribution is -0.187. The zero-order chi connectivity index (χ0) is 22.9. The average molecular weight is 434 g/mol. The zero-order valence-corrected chi connectivity index (χ0v) is 18.1. The van der Waals surface area contributed by atoms with Gasteiger partial charge in [0.1, 0.15) is 17.5 Å². The number of ketones is 3. The molecule has 0 amide bonds. The minimum absolute atomic E-state index is 0.0548. The van der Waals surface area contributed by atoms with E-state index in [-0.39, 0.29) is 36.7 Å². The molecular weight excluding hydrogens is 404 g/mol. The summed E-state index contributed by atoms with van der Waals surface area (Å²) in [5.41, 5.74) is -3.35. The lowest BCUT2D eigenvalue weighted by atomic mass is 9.44. The molecule has 0 bridgehead atoms. The maximum absolute atomic E-state index is 13.5. The summed E-state index contributed by atoms with van der Waals surface area (Å²) in [5.74, 6) is -3.24. The van der Waals surface area contributed by atoms with Crippen molar-refractivity contribution < 1.29 is 39.2 Å². The van der Waals surface area contributed by atoms with Crippen LogP contribution in [-0.4, -0.2) is 63.1 Å². The summed E-state index contributed by atoms with van der Waals surface area (Å²) in [6.45, 7) is 4.15. The van der Waals surface area contributed by atoms with Gasteiger partial charge in [-0.05, 0) is 36.8 Å². The van der Waals surface area contributed by atoms with E-state index in [1.807, 2.05) is 6.92 Å². The van der Waals surface area contributed by atoms with Crippen molar-refractivity contribution >= 4 is 23.3 Å². The predicted octanol–water partition coefficient (Wildman–Crippen LogP) is 0.502. The molecule has 3 N–H and O–H groups in total. The van der Waals surface area contributed by atoms with Gasteiger partial charge in [-0.2, -0.15) is 0 Å². The first kappa shape index (κ1) is 22.3.